The minimum atomic E-state index is 0.359. The summed E-state index contributed by atoms with van der Waals surface area (Å²) in [6, 6.07) is 19.8. The van der Waals surface area contributed by atoms with Crippen LogP contribution in [-0.2, 0) is 0 Å². The van der Waals surface area contributed by atoms with Gasteiger partial charge in [-0.2, -0.15) is 0 Å². The molecule has 0 aliphatic rings. The first-order valence-corrected chi connectivity index (χ1v) is 6.01. The zero-order chi connectivity index (χ0) is 12.4. The van der Waals surface area contributed by atoms with Crippen LogP contribution in [0.5, 0.6) is 0 Å². The van der Waals surface area contributed by atoms with Crippen LogP contribution in [0.4, 0.5) is 0 Å². The molecule has 0 atom stereocenters. The Hall–Kier alpha value is -2.20. The van der Waals surface area contributed by atoms with Crippen molar-refractivity contribution in [2.24, 2.45) is 0 Å². The lowest BCUT2D eigenvalue weighted by atomic mass is 10.2. The van der Waals surface area contributed by atoms with E-state index in [0.29, 0.717) is 10.7 Å². The Bertz CT molecular complexity index is 641. The van der Waals surface area contributed by atoms with Gasteiger partial charge in [-0.3, -0.25) is 0 Å². The van der Waals surface area contributed by atoms with E-state index in [1.54, 1.807) is 0 Å². The Morgan fingerprint density at radius 2 is 1.50 bits per heavy atom. The lowest BCUT2D eigenvalue weighted by molar-refractivity contribution is -0.648. The molecule has 1 aromatic heterocycles. The summed E-state index contributed by atoms with van der Waals surface area (Å²) in [5.41, 5.74) is 1.96. The maximum Gasteiger partial charge on any atom is 0.412 e. The highest BCUT2D eigenvalue weighted by atomic mass is 32.1. The molecule has 1 N–H and O–H groups in total. The van der Waals surface area contributed by atoms with E-state index in [-0.39, 0.29) is 0 Å². The lowest BCUT2D eigenvalue weighted by Gasteiger charge is -1.93. The first kappa shape index (κ1) is 10.9. The smallest absolute Gasteiger partial charge is 0.370 e. The van der Waals surface area contributed by atoms with Gasteiger partial charge in [0.2, 0.25) is 5.69 Å². The average molecular weight is 255 g/mol. The second-order valence-electron chi connectivity index (χ2n) is 3.84. The number of nitrogens with one attached hydrogen (secondary N) is 1. The van der Waals surface area contributed by atoms with Gasteiger partial charge in [0, 0.05) is 12.1 Å². The summed E-state index contributed by atoms with van der Waals surface area (Å²) in [7, 11) is 0. The van der Waals surface area contributed by atoms with Gasteiger partial charge >= 0.3 is 10.7 Å². The fourth-order valence-corrected chi connectivity index (χ4v) is 2.00. The Morgan fingerprint density at radius 3 is 2.17 bits per heavy atom. The van der Waals surface area contributed by atoms with Crippen molar-refractivity contribution < 1.29 is 9.10 Å². The van der Waals surface area contributed by atoms with Gasteiger partial charge in [-0.05, 0) is 29.0 Å². The van der Waals surface area contributed by atoms with E-state index in [9.17, 15) is 0 Å². The predicted molar refractivity (Wildman–Crippen MR) is 70.9 cm³/mol. The second-order valence-corrected chi connectivity index (χ2v) is 4.21. The van der Waals surface area contributed by atoms with Crippen molar-refractivity contribution >= 4 is 12.2 Å². The summed E-state index contributed by atoms with van der Waals surface area (Å²) in [6.45, 7) is 0. The first-order chi connectivity index (χ1) is 8.84. The van der Waals surface area contributed by atoms with Crippen LogP contribution in [-0.4, -0.2) is 5.10 Å². The van der Waals surface area contributed by atoms with Gasteiger partial charge in [-0.1, -0.05) is 36.4 Å². The Labute approximate surface area is 109 Å². The summed E-state index contributed by atoms with van der Waals surface area (Å²) >= 11 is 5.08. The van der Waals surface area contributed by atoms with E-state index in [4.69, 9.17) is 16.6 Å². The summed E-state index contributed by atoms with van der Waals surface area (Å²) in [4.78, 5) is 0.359. The van der Waals surface area contributed by atoms with E-state index in [1.807, 2.05) is 65.3 Å². The fraction of sp³-hybridized carbons (Fsp3) is 0. The number of hydrogen-bond donors (Lipinski definition) is 1. The van der Waals surface area contributed by atoms with Crippen molar-refractivity contribution in [1.29, 1.82) is 0 Å². The molecular formula is C14H11N2OS+. The van der Waals surface area contributed by atoms with Crippen LogP contribution in [0.1, 0.15) is 0 Å². The summed E-state index contributed by atoms with van der Waals surface area (Å²) in [5, 5.41) is 3.02. The number of benzene rings is 2. The van der Waals surface area contributed by atoms with Gasteiger partial charge in [0.25, 0.3) is 0 Å². The number of rotatable bonds is 2. The number of aromatic nitrogens is 2. The molecule has 0 radical (unpaired) electrons. The minimum Gasteiger partial charge on any atom is -0.370 e. The van der Waals surface area contributed by atoms with Crippen molar-refractivity contribution in [3.8, 4) is 17.1 Å². The van der Waals surface area contributed by atoms with E-state index in [2.05, 4.69) is 5.10 Å². The molecule has 4 heteroatoms. The molecule has 0 aliphatic heterocycles. The highest BCUT2D eigenvalue weighted by molar-refractivity contribution is 7.71. The van der Waals surface area contributed by atoms with Crippen LogP contribution in [0.3, 0.4) is 0 Å². The second kappa shape index (κ2) is 4.58. The van der Waals surface area contributed by atoms with Crippen molar-refractivity contribution in [3.05, 3.63) is 65.5 Å². The third-order valence-corrected chi connectivity index (χ3v) is 2.81. The normalized spacial score (nSPS) is 10.4. The van der Waals surface area contributed by atoms with Gasteiger partial charge in [0.1, 0.15) is 0 Å². The number of aromatic amines is 1. The Balaban J connectivity index is 2.21. The maximum absolute atomic E-state index is 5.58. The van der Waals surface area contributed by atoms with Crippen LogP contribution in [0.2, 0.25) is 0 Å². The minimum absolute atomic E-state index is 0.359. The molecule has 3 nitrogen and oxygen atoms in total. The Morgan fingerprint density at radius 1 is 0.889 bits per heavy atom. The molecule has 0 aliphatic carbocycles. The highest BCUT2D eigenvalue weighted by Crippen LogP contribution is 2.16. The monoisotopic (exact) mass is 255 g/mol. The molecule has 0 fully saturated rings. The van der Waals surface area contributed by atoms with E-state index in [1.165, 1.54) is 0 Å². The van der Waals surface area contributed by atoms with Crippen LogP contribution >= 0.6 is 12.2 Å². The standard InChI is InChI=1S/C14H10N2OS/c18-14-15-16(12-9-5-2-6-10-12)13(17-14)11-7-3-1-4-8-11/h1-10H/p+1. The van der Waals surface area contributed by atoms with Crippen LogP contribution in [0.25, 0.3) is 17.1 Å². The van der Waals surface area contributed by atoms with E-state index >= 15 is 0 Å². The molecule has 0 saturated carbocycles. The largest absolute Gasteiger partial charge is 0.412 e. The molecule has 0 unspecified atom stereocenters. The van der Waals surface area contributed by atoms with Crippen LogP contribution < -0.4 is 4.68 Å². The molecule has 3 aromatic rings. The zero-order valence-corrected chi connectivity index (χ0v) is 10.4. The summed E-state index contributed by atoms with van der Waals surface area (Å²) < 4.78 is 7.42. The number of nitrogens with zero attached hydrogens (tertiary/aromatic N) is 1. The fourth-order valence-electron chi connectivity index (χ4n) is 1.83. The molecule has 18 heavy (non-hydrogen) atoms. The molecule has 0 amide bonds. The SMILES string of the molecule is S=c1[nH][n+](-c2ccccc2)c(-c2ccccc2)o1. The number of H-pyrrole nitrogens is 1. The third-order valence-electron chi connectivity index (χ3n) is 2.63. The van der Waals surface area contributed by atoms with Gasteiger partial charge in [0.05, 0.1) is 5.56 Å². The van der Waals surface area contributed by atoms with Gasteiger partial charge in [-0.25, -0.2) is 0 Å². The Kier molecular flexibility index (Phi) is 2.78. The maximum atomic E-state index is 5.58. The lowest BCUT2D eigenvalue weighted by Crippen LogP contribution is -2.34. The highest BCUT2D eigenvalue weighted by Gasteiger charge is 2.21. The summed E-state index contributed by atoms with van der Waals surface area (Å²) in [5.74, 6) is 0.701. The van der Waals surface area contributed by atoms with Crippen molar-refractivity contribution in [3.63, 3.8) is 0 Å². The van der Waals surface area contributed by atoms with Gasteiger partial charge in [-0.15, -0.1) is 5.10 Å². The van der Waals surface area contributed by atoms with Crippen molar-refractivity contribution in [2.75, 3.05) is 0 Å². The molecule has 0 spiro atoms. The summed E-state index contributed by atoms with van der Waals surface area (Å²) in [6.07, 6.45) is 0. The molecular weight excluding hydrogens is 244 g/mol. The quantitative estimate of drug-likeness (QED) is 0.563. The van der Waals surface area contributed by atoms with Crippen LogP contribution in [0, 0.1) is 4.84 Å². The molecule has 0 bridgehead atoms. The third kappa shape index (κ3) is 1.98. The first-order valence-electron chi connectivity index (χ1n) is 5.60. The molecule has 88 valence electrons. The van der Waals surface area contributed by atoms with E-state index < -0.39 is 0 Å². The van der Waals surface area contributed by atoms with E-state index in [0.717, 1.165) is 11.3 Å². The van der Waals surface area contributed by atoms with Gasteiger partial charge < -0.3 is 4.42 Å². The van der Waals surface area contributed by atoms with Crippen molar-refractivity contribution in [2.45, 2.75) is 0 Å². The molecule has 3 rings (SSSR count). The zero-order valence-electron chi connectivity index (χ0n) is 9.54. The number of para-hydroxylation sites is 1. The molecule has 1 heterocycles. The molecule has 2 aromatic carbocycles. The van der Waals surface area contributed by atoms with Crippen molar-refractivity contribution in [1.82, 2.24) is 5.10 Å². The van der Waals surface area contributed by atoms with Crippen LogP contribution in [0.15, 0.2) is 65.1 Å². The number of hydrogen-bond acceptors (Lipinski definition) is 2. The molecule has 0 saturated heterocycles. The average Bonchev–Trinajstić information content (AvgIpc) is 2.83. The van der Waals surface area contributed by atoms with Gasteiger partial charge in [0.15, 0.2) is 0 Å². The predicted octanol–water partition coefficient (Wildman–Crippen LogP) is 3.28. The topological polar surface area (TPSA) is 32.8 Å².